The van der Waals surface area contributed by atoms with Crippen LogP contribution in [0.5, 0.6) is 0 Å². The van der Waals surface area contributed by atoms with Gasteiger partial charge in [-0.3, -0.25) is 10.1 Å². The van der Waals surface area contributed by atoms with E-state index in [0.29, 0.717) is 16.3 Å². The van der Waals surface area contributed by atoms with E-state index >= 15 is 0 Å². The lowest BCUT2D eigenvalue weighted by Gasteiger charge is -2.03. The zero-order valence-electron chi connectivity index (χ0n) is 8.32. The summed E-state index contributed by atoms with van der Waals surface area (Å²) < 4.78 is 0. The molecule has 0 aliphatic heterocycles. The summed E-state index contributed by atoms with van der Waals surface area (Å²) in [4.78, 5) is 10.1. The number of nitro groups is 1. The van der Waals surface area contributed by atoms with Gasteiger partial charge in [-0.1, -0.05) is 11.6 Å². The van der Waals surface area contributed by atoms with E-state index < -0.39 is 4.92 Å². The number of halogens is 1. The largest absolute Gasteiger partial charge is 0.313 e. The average Bonchev–Trinajstić information content (AvgIpc) is 2.18. The maximum absolute atomic E-state index is 10.6. The standard InChI is InChI=1S/C9H10ClN3O2/c1-6(12-11-2)8-5-7(13(14)15)3-4-9(8)10/h3-5,11H,1-2H3/b12-6+. The fraction of sp³-hybridized carbons (Fsp3) is 0.222. The molecule has 0 saturated carbocycles. The molecule has 80 valence electrons. The summed E-state index contributed by atoms with van der Waals surface area (Å²) in [5, 5.41) is 14.9. The van der Waals surface area contributed by atoms with Gasteiger partial charge in [0.25, 0.3) is 5.69 Å². The molecule has 1 rings (SSSR count). The van der Waals surface area contributed by atoms with Gasteiger partial charge in [0.1, 0.15) is 0 Å². The van der Waals surface area contributed by atoms with Crippen molar-refractivity contribution in [1.82, 2.24) is 5.43 Å². The van der Waals surface area contributed by atoms with E-state index in [1.54, 1.807) is 14.0 Å². The van der Waals surface area contributed by atoms with E-state index in [0.717, 1.165) is 0 Å². The van der Waals surface area contributed by atoms with Crippen LogP contribution < -0.4 is 5.43 Å². The lowest BCUT2D eigenvalue weighted by Crippen LogP contribution is -2.04. The maximum Gasteiger partial charge on any atom is 0.270 e. The Labute approximate surface area is 91.9 Å². The first-order valence-electron chi connectivity index (χ1n) is 4.21. The van der Waals surface area contributed by atoms with Crippen molar-refractivity contribution in [2.24, 2.45) is 5.10 Å². The minimum absolute atomic E-state index is 0.0000491. The number of benzene rings is 1. The molecule has 0 amide bonds. The zero-order chi connectivity index (χ0) is 11.4. The van der Waals surface area contributed by atoms with Crippen molar-refractivity contribution in [3.63, 3.8) is 0 Å². The van der Waals surface area contributed by atoms with Gasteiger partial charge in [-0.05, 0) is 13.0 Å². The first-order valence-corrected chi connectivity index (χ1v) is 4.59. The summed E-state index contributed by atoms with van der Waals surface area (Å²) >= 11 is 5.90. The second-order valence-electron chi connectivity index (χ2n) is 2.84. The van der Waals surface area contributed by atoms with Crippen LogP contribution in [-0.2, 0) is 0 Å². The first kappa shape index (κ1) is 11.5. The second kappa shape index (κ2) is 4.75. The quantitative estimate of drug-likeness (QED) is 0.489. The van der Waals surface area contributed by atoms with Crippen LogP contribution in [0.2, 0.25) is 5.02 Å². The van der Waals surface area contributed by atoms with E-state index in [-0.39, 0.29) is 5.69 Å². The Morgan fingerprint density at radius 3 is 2.80 bits per heavy atom. The molecule has 5 nitrogen and oxygen atoms in total. The van der Waals surface area contributed by atoms with E-state index in [1.165, 1.54) is 18.2 Å². The van der Waals surface area contributed by atoms with E-state index in [4.69, 9.17) is 11.6 Å². The van der Waals surface area contributed by atoms with Crippen molar-refractivity contribution in [3.05, 3.63) is 38.9 Å². The Hall–Kier alpha value is -1.62. The van der Waals surface area contributed by atoms with Crippen LogP contribution in [0.3, 0.4) is 0 Å². The van der Waals surface area contributed by atoms with Gasteiger partial charge in [0.15, 0.2) is 0 Å². The first-order chi connectivity index (χ1) is 7.06. The highest BCUT2D eigenvalue weighted by Crippen LogP contribution is 2.22. The molecule has 0 saturated heterocycles. The molecule has 0 heterocycles. The molecule has 1 aromatic carbocycles. The molecule has 1 aromatic rings. The smallest absolute Gasteiger partial charge is 0.270 e. The van der Waals surface area contributed by atoms with Crippen LogP contribution in [0.25, 0.3) is 0 Å². The normalized spacial score (nSPS) is 11.3. The van der Waals surface area contributed by atoms with Gasteiger partial charge in [-0.15, -0.1) is 0 Å². The third-order valence-electron chi connectivity index (χ3n) is 1.83. The average molecular weight is 228 g/mol. The summed E-state index contributed by atoms with van der Waals surface area (Å²) in [6.07, 6.45) is 0. The van der Waals surface area contributed by atoms with Crippen molar-refractivity contribution >= 4 is 23.0 Å². The van der Waals surface area contributed by atoms with Crippen molar-refractivity contribution < 1.29 is 4.92 Å². The molecule has 0 bridgehead atoms. The monoisotopic (exact) mass is 227 g/mol. The molecule has 6 heteroatoms. The fourth-order valence-corrected chi connectivity index (χ4v) is 1.39. The summed E-state index contributed by atoms with van der Waals surface area (Å²) in [7, 11) is 1.65. The Morgan fingerprint density at radius 1 is 1.60 bits per heavy atom. The Bertz CT molecular complexity index is 418. The number of nitro benzene ring substituents is 1. The molecular formula is C9H10ClN3O2. The van der Waals surface area contributed by atoms with Crippen LogP contribution in [0, 0.1) is 10.1 Å². The Kier molecular flexibility index (Phi) is 3.62. The third-order valence-corrected chi connectivity index (χ3v) is 2.16. The number of hydrogen-bond donors (Lipinski definition) is 1. The summed E-state index contributed by atoms with van der Waals surface area (Å²) in [6, 6.07) is 4.25. The van der Waals surface area contributed by atoms with Gasteiger partial charge in [0, 0.05) is 24.7 Å². The van der Waals surface area contributed by atoms with E-state index in [1.807, 2.05) is 0 Å². The van der Waals surface area contributed by atoms with Crippen molar-refractivity contribution in [2.75, 3.05) is 7.05 Å². The lowest BCUT2D eigenvalue weighted by molar-refractivity contribution is -0.384. The molecule has 0 spiro atoms. The van der Waals surface area contributed by atoms with Crippen molar-refractivity contribution in [2.45, 2.75) is 6.92 Å². The second-order valence-corrected chi connectivity index (χ2v) is 3.25. The number of hydrazone groups is 1. The number of nitrogens with zero attached hydrogens (tertiary/aromatic N) is 2. The molecule has 15 heavy (non-hydrogen) atoms. The Morgan fingerprint density at radius 2 is 2.27 bits per heavy atom. The minimum atomic E-state index is -0.466. The van der Waals surface area contributed by atoms with Gasteiger partial charge in [0.05, 0.1) is 15.7 Å². The topological polar surface area (TPSA) is 67.5 Å². The lowest BCUT2D eigenvalue weighted by atomic mass is 10.1. The highest BCUT2D eigenvalue weighted by atomic mass is 35.5. The number of non-ortho nitro benzene ring substituents is 1. The molecule has 0 atom stereocenters. The molecule has 0 aliphatic rings. The predicted molar refractivity (Wildman–Crippen MR) is 59.4 cm³/mol. The van der Waals surface area contributed by atoms with Crippen molar-refractivity contribution in [1.29, 1.82) is 0 Å². The predicted octanol–water partition coefficient (Wildman–Crippen LogP) is 2.19. The SMILES string of the molecule is CN/N=C(\C)c1cc([N+](=O)[O-])ccc1Cl. The fourth-order valence-electron chi connectivity index (χ4n) is 1.13. The van der Waals surface area contributed by atoms with Gasteiger partial charge in [-0.2, -0.15) is 5.10 Å². The summed E-state index contributed by atoms with van der Waals surface area (Å²) in [5.41, 5.74) is 3.76. The van der Waals surface area contributed by atoms with Gasteiger partial charge in [-0.25, -0.2) is 0 Å². The van der Waals surface area contributed by atoms with Gasteiger partial charge in [0.2, 0.25) is 0 Å². The summed E-state index contributed by atoms with van der Waals surface area (Å²) in [5.74, 6) is 0. The minimum Gasteiger partial charge on any atom is -0.313 e. The van der Waals surface area contributed by atoms with Gasteiger partial charge < -0.3 is 5.43 Å². The number of rotatable bonds is 3. The van der Waals surface area contributed by atoms with E-state index in [2.05, 4.69) is 10.5 Å². The highest BCUT2D eigenvalue weighted by Gasteiger charge is 2.11. The molecule has 0 aliphatic carbocycles. The highest BCUT2D eigenvalue weighted by molar-refractivity contribution is 6.34. The number of hydrogen-bond acceptors (Lipinski definition) is 4. The molecule has 0 unspecified atom stereocenters. The molecule has 0 fully saturated rings. The van der Waals surface area contributed by atoms with Crippen molar-refractivity contribution in [3.8, 4) is 0 Å². The van der Waals surface area contributed by atoms with Crippen LogP contribution >= 0.6 is 11.6 Å². The molecular weight excluding hydrogens is 218 g/mol. The Balaban J connectivity index is 3.22. The molecule has 0 radical (unpaired) electrons. The summed E-state index contributed by atoms with van der Waals surface area (Å²) in [6.45, 7) is 1.72. The van der Waals surface area contributed by atoms with Gasteiger partial charge >= 0.3 is 0 Å². The van der Waals surface area contributed by atoms with Crippen LogP contribution in [0.15, 0.2) is 23.3 Å². The van der Waals surface area contributed by atoms with Crippen LogP contribution in [0.4, 0.5) is 5.69 Å². The zero-order valence-corrected chi connectivity index (χ0v) is 9.08. The van der Waals surface area contributed by atoms with Crippen LogP contribution in [0.1, 0.15) is 12.5 Å². The van der Waals surface area contributed by atoms with E-state index in [9.17, 15) is 10.1 Å². The third kappa shape index (κ3) is 2.66. The number of nitrogens with one attached hydrogen (secondary N) is 1. The molecule has 1 N–H and O–H groups in total. The van der Waals surface area contributed by atoms with Crippen LogP contribution in [-0.4, -0.2) is 17.7 Å². The molecule has 0 aromatic heterocycles. The maximum atomic E-state index is 10.6.